The van der Waals surface area contributed by atoms with Crippen LogP contribution in [0.25, 0.3) is 11.1 Å². The second kappa shape index (κ2) is 19.8. The van der Waals surface area contributed by atoms with Gasteiger partial charge >= 0.3 is 0 Å². The third-order valence-corrected chi connectivity index (χ3v) is 10.9. The number of carbonyl (C=O) groups excluding carboxylic acids is 1. The van der Waals surface area contributed by atoms with Gasteiger partial charge in [-0.25, -0.2) is 4.39 Å². The highest BCUT2D eigenvalue weighted by Crippen LogP contribution is 2.45. The molecule has 292 valence electrons. The summed E-state index contributed by atoms with van der Waals surface area (Å²) in [5, 5.41) is 23.3. The van der Waals surface area contributed by atoms with Gasteiger partial charge in [-0.15, -0.1) is 0 Å². The summed E-state index contributed by atoms with van der Waals surface area (Å²) in [4.78, 5) is 13.4. The number of hydrogen-bond acceptors (Lipinski definition) is 8. The average molecular weight is 799 g/mol. The van der Waals surface area contributed by atoms with Gasteiger partial charge in [0.1, 0.15) is 36.1 Å². The predicted molar refractivity (Wildman–Crippen MR) is 216 cm³/mol. The lowest BCUT2D eigenvalue weighted by atomic mass is 9.96. The Bertz CT molecular complexity index is 2060. The molecule has 1 amide bonds. The Kier molecular flexibility index (Phi) is 14.5. The predicted octanol–water partition coefficient (Wildman–Crippen LogP) is 9.00. The van der Waals surface area contributed by atoms with Crippen molar-refractivity contribution in [1.82, 2.24) is 10.2 Å². The van der Waals surface area contributed by atoms with Gasteiger partial charge in [-0.05, 0) is 104 Å². The van der Waals surface area contributed by atoms with Gasteiger partial charge in [0.25, 0.3) is 0 Å². The van der Waals surface area contributed by atoms with Crippen LogP contribution >= 0.6 is 23.2 Å². The summed E-state index contributed by atoms with van der Waals surface area (Å²) in [6, 6.07) is 24.8. The lowest BCUT2D eigenvalue weighted by Crippen LogP contribution is -2.35. The largest absolute Gasteiger partial charge is 0.492 e. The zero-order valence-electron chi connectivity index (χ0n) is 31.3. The number of carbonyl (C=O) groups is 1. The first kappa shape index (κ1) is 40.8. The van der Waals surface area contributed by atoms with Crippen molar-refractivity contribution in [3.05, 3.63) is 110 Å². The Morgan fingerprint density at radius 2 is 1.64 bits per heavy atom. The summed E-state index contributed by atoms with van der Waals surface area (Å²) in [5.74, 6) is 1.34. The van der Waals surface area contributed by atoms with Gasteiger partial charge in [0.2, 0.25) is 5.91 Å². The lowest BCUT2D eigenvalue weighted by molar-refractivity contribution is -0.118. The number of piperidine rings is 1. The number of benzene rings is 4. The molecular weight excluding hydrogens is 752 g/mol. The standard InChI is InChI=1S/C44H46Cl2FN5O4/c45-38-23-32(27-51-15-2-1-10-43(50)53)41(55-28-31-21-29(25-48)20-30(22-31)26-49)24-42(38)56-39-12-11-35-34(6-3-7-36(35)39)37-8-4-9-40(44(37)46)54-19-5-16-52-17-13-33(47)14-18-52/h3-4,6-9,20-24,33,39,51H,1-2,5,10-19,27-28H2,(H2,50,53)/t39-/m0/s1. The molecule has 4 aromatic rings. The minimum absolute atomic E-state index is 0.120. The first-order valence-electron chi connectivity index (χ1n) is 19.2. The summed E-state index contributed by atoms with van der Waals surface area (Å²) in [6.45, 7) is 4.21. The number of nitrogens with one attached hydrogen (secondary N) is 1. The molecule has 12 heteroatoms. The fourth-order valence-electron chi connectivity index (χ4n) is 7.35. The van der Waals surface area contributed by atoms with E-state index in [4.69, 9.17) is 43.1 Å². The van der Waals surface area contributed by atoms with Crippen LogP contribution in [-0.2, 0) is 24.4 Å². The number of nitrogens with zero attached hydrogens (tertiary/aromatic N) is 3. The Morgan fingerprint density at radius 1 is 0.893 bits per heavy atom. The number of halogens is 3. The fraction of sp³-hybridized carbons (Fsp3) is 0.386. The van der Waals surface area contributed by atoms with Crippen molar-refractivity contribution in [2.45, 2.75) is 76.8 Å². The molecule has 1 atom stereocenters. The molecular formula is C44H46Cl2FN5O4. The van der Waals surface area contributed by atoms with E-state index in [1.165, 1.54) is 6.07 Å². The van der Waals surface area contributed by atoms with Gasteiger partial charge in [-0.3, -0.25) is 4.79 Å². The zero-order valence-corrected chi connectivity index (χ0v) is 32.8. The number of likely N-dealkylation sites (tertiary alicyclic amines) is 1. The van der Waals surface area contributed by atoms with E-state index in [0.717, 1.165) is 73.1 Å². The van der Waals surface area contributed by atoms with Gasteiger partial charge in [-0.1, -0.05) is 53.5 Å². The number of unbranched alkanes of at least 4 members (excludes halogenated alkanes) is 1. The van der Waals surface area contributed by atoms with E-state index in [-0.39, 0.29) is 18.6 Å². The normalized spacial score (nSPS) is 15.5. The van der Waals surface area contributed by atoms with Gasteiger partial charge in [0.05, 0.1) is 39.9 Å². The van der Waals surface area contributed by atoms with Crippen molar-refractivity contribution in [2.75, 3.05) is 32.8 Å². The molecule has 0 radical (unpaired) electrons. The zero-order chi connectivity index (χ0) is 39.4. The van der Waals surface area contributed by atoms with Gasteiger partial charge < -0.3 is 30.2 Å². The Balaban J connectivity index is 1.17. The smallest absolute Gasteiger partial charge is 0.217 e. The van der Waals surface area contributed by atoms with Crippen LogP contribution in [0.3, 0.4) is 0 Å². The van der Waals surface area contributed by atoms with Crippen LogP contribution in [0.4, 0.5) is 4.39 Å². The van der Waals surface area contributed by atoms with Crippen molar-refractivity contribution in [3.63, 3.8) is 0 Å². The summed E-state index contributed by atoms with van der Waals surface area (Å²) < 4.78 is 32.7. The third kappa shape index (κ3) is 10.7. The number of ether oxygens (including phenoxy) is 3. The molecule has 2 aliphatic rings. The topological polar surface area (TPSA) is 134 Å². The molecule has 9 nitrogen and oxygen atoms in total. The summed E-state index contributed by atoms with van der Waals surface area (Å²) in [5.41, 5.74) is 11.7. The monoisotopic (exact) mass is 797 g/mol. The maximum Gasteiger partial charge on any atom is 0.217 e. The van der Waals surface area contributed by atoms with E-state index < -0.39 is 6.17 Å². The van der Waals surface area contributed by atoms with Crippen molar-refractivity contribution in [1.29, 1.82) is 10.5 Å². The Hall–Kier alpha value is -4.84. The van der Waals surface area contributed by atoms with Crippen LogP contribution in [0.1, 0.15) is 84.4 Å². The number of rotatable bonds is 18. The molecule has 0 saturated carbocycles. The van der Waals surface area contributed by atoms with Gasteiger partial charge in [0.15, 0.2) is 0 Å². The van der Waals surface area contributed by atoms with E-state index in [9.17, 15) is 19.7 Å². The number of hydrogen-bond donors (Lipinski definition) is 2. The number of nitrogens with two attached hydrogens (primary N) is 1. The number of nitriles is 2. The first-order chi connectivity index (χ1) is 27.2. The molecule has 0 unspecified atom stereocenters. The maximum atomic E-state index is 13.5. The maximum absolute atomic E-state index is 13.5. The van der Waals surface area contributed by atoms with E-state index in [1.807, 2.05) is 30.3 Å². The summed E-state index contributed by atoms with van der Waals surface area (Å²) >= 11 is 13.9. The highest BCUT2D eigenvalue weighted by molar-refractivity contribution is 6.35. The van der Waals surface area contributed by atoms with Crippen LogP contribution in [0.5, 0.6) is 17.2 Å². The minimum atomic E-state index is -0.680. The van der Waals surface area contributed by atoms with Crippen molar-refractivity contribution in [2.24, 2.45) is 5.73 Å². The van der Waals surface area contributed by atoms with E-state index in [1.54, 1.807) is 18.2 Å². The molecule has 4 aromatic carbocycles. The molecule has 1 fully saturated rings. The molecule has 1 aliphatic carbocycles. The molecule has 56 heavy (non-hydrogen) atoms. The number of alkyl halides is 1. The lowest BCUT2D eigenvalue weighted by Gasteiger charge is -2.28. The molecule has 1 aliphatic heterocycles. The highest BCUT2D eigenvalue weighted by Gasteiger charge is 2.29. The molecule has 1 saturated heterocycles. The van der Waals surface area contributed by atoms with Crippen molar-refractivity contribution in [3.8, 4) is 40.5 Å². The van der Waals surface area contributed by atoms with Crippen LogP contribution < -0.4 is 25.3 Å². The quantitative estimate of drug-likeness (QED) is 0.0954. The highest BCUT2D eigenvalue weighted by atomic mass is 35.5. The second-order valence-electron chi connectivity index (χ2n) is 14.3. The number of fused-ring (bicyclic) bond motifs is 1. The van der Waals surface area contributed by atoms with Crippen LogP contribution in [0.15, 0.2) is 66.7 Å². The van der Waals surface area contributed by atoms with Crippen LogP contribution in [0.2, 0.25) is 10.0 Å². The molecule has 0 spiro atoms. The molecule has 6 rings (SSSR count). The number of amides is 1. The van der Waals surface area contributed by atoms with Gasteiger partial charge in [0, 0.05) is 49.8 Å². The third-order valence-electron chi connectivity index (χ3n) is 10.2. The summed E-state index contributed by atoms with van der Waals surface area (Å²) in [6.07, 6.45) is 4.41. The Morgan fingerprint density at radius 3 is 2.39 bits per heavy atom. The molecule has 0 bridgehead atoms. The molecule has 1 heterocycles. The fourth-order valence-corrected chi connectivity index (χ4v) is 7.86. The SMILES string of the molecule is N#Cc1cc(C#N)cc(COc2cc(O[C@H]3CCc4c(-c5cccc(OCCCN6CCC(F)CC6)c5Cl)cccc43)c(Cl)cc2CNCCCCC(N)=O)c1. The van der Waals surface area contributed by atoms with E-state index in [2.05, 4.69) is 34.5 Å². The summed E-state index contributed by atoms with van der Waals surface area (Å²) in [7, 11) is 0. The van der Waals surface area contributed by atoms with Gasteiger partial charge in [-0.2, -0.15) is 10.5 Å². The average Bonchev–Trinajstić information content (AvgIpc) is 3.62. The first-order valence-corrected chi connectivity index (χ1v) is 19.9. The van der Waals surface area contributed by atoms with Crippen LogP contribution in [-0.4, -0.2) is 49.8 Å². The van der Waals surface area contributed by atoms with Crippen molar-refractivity contribution >= 4 is 29.1 Å². The van der Waals surface area contributed by atoms with E-state index in [0.29, 0.717) is 89.4 Å². The van der Waals surface area contributed by atoms with E-state index >= 15 is 0 Å². The van der Waals surface area contributed by atoms with Crippen molar-refractivity contribution < 1.29 is 23.4 Å². The second-order valence-corrected chi connectivity index (χ2v) is 15.1. The van der Waals surface area contributed by atoms with Crippen LogP contribution in [0, 0.1) is 22.7 Å². The molecule has 0 aromatic heterocycles. The minimum Gasteiger partial charge on any atom is -0.492 e. The number of primary amides is 1. The molecule has 3 N–H and O–H groups in total. The Labute approximate surface area is 338 Å².